The SMILES string of the molecule is Cc1ccc2cc(C(=O)NCC3(NC(=O)[C@@H]4C[C@H]4c4cccc(Br)c4C)CC3)ccc2n1. The third-order valence-electron chi connectivity index (χ3n) is 6.76. The molecular weight excluding hydrogens is 466 g/mol. The molecule has 0 radical (unpaired) electrons. The number of carbonyl (C=O) groups is 2. The molecule has 0 aliphatic heterocycles. The molecule has 6 heteroatoms. The topological polar surface area (TPSA) is 71.1 Å². The number of aryl methyl sites for hydroxylation is 1. The van der Waals surface area contributed by atoms with E-state index in [-0.39, 0.29) is 29.2 Å². The van der Waals surface area contributed by atoms with Crippen molar-refractivity contribution >= 4 is 38.6 Å². The van der Waals surface area contributed by atoms with Crippen molar-refractivity contribution in [3.05, 3.63) is 75.4 Å². The van der Waals surface area contributed by atoms with Crippen LogP contribution in [0.3, 0.4) is 0 Å². The number of nitrogens with one attached hydrogen (secondary N) is 2. The van der Waals surface area contributed by atoms with Crippen molar-refractivity contribution in [1.29, 1.82) is 0 Å². The second kappa shape index (κ2) is 8.00. The molecule has 0 spiro atoms. The highest BCUT2D eigenvalue weighted by Crippen LogP contribution is 2.50. The molecule has 0 bridgehead atoms. The lowest BCUT2D eigenvalue weighted by atomic mass is 10.0. The number of hydrogen-bond donors (Lipinski definition) is 2. The molecule has 5 rings (SSSR count). The van der Waals surface area contributed by atoms with E-state index in [0.717, 1.165) is 40.3 Å². The molecular formula is C26H26BrN3O2. The maximum Gasteiger partial charge on any atom is 0.251 e. The number of rotatable bonds is 6. The Labute approximate surface area is 196 Å². The van der Waals surface area contributed by atoms with Crippen LogP contribution in [-0.4, -0.2) is 28.9 Å². The molecule has 3 aromatic rings. The van der Waals surface area contributed by atoms with E-state index in [1.165, 1.54) is 11.1 Å². The van der Waals surface area contributed by atoms with Gasteiger partial charge in [0.2, 0.25) is 5.91 Å². The molecule has 32 heavy (non-hydrogen) atoms. The predicted octanol–water partition coefficient (Wildman–Crippen LogP) is 4.80. The van der Waals surface area contributed by atoms with Gasteiger partial charge < -0.3 is 10.6 Å². The van der Waals surface area contributed by atoms with Crippen LogP contribution < -0.4 is 10.6 Å². The largest absolute Gasteiger partial charge is 0.350 e. The van der Waals surface area contributed by atoms with Gasteiger partial charge in [0, 0.05) is 33.6 Å². The molecule has 0 saturated heterocycles. The number of hydrogen-bond acceptors (Lipinski definition) is 3. The monoisotopic (exact) mass is 491 g/mol. The van der Waals surface area contributed by atoms with E-state index >= 15 is 0 Å². The summed E-state index contributed by atoms with van der Waals surface area (Å²) in [5, 5.41) is 7.20. The average molecular weight is 492 g/mol. The second-order valence-corrected chi connectivity index (χ2v) is 10.1. The molecule has 5 nitrogen and oxygen atoms in total. The zero-order valence-electron chi connectivity index (χ0n) is 18.2. The Morgan fingerprint density at radius 2 is 1.94 bits per heavy atom. The molecule has 164 valence electrons. The lowest BCUT2D eigenvalue weighted by Crippen LogP contribution is -2.46. The minimum atomic E-state index is -0.304. The summed E-state index contributed by atoms with van der Waals surface area (Å²) in [7, 11) is 0. The van der Waals surface area contributed by atoms with Crippen molar-refractivity contribution in [2.45, 2.75) is 44.6 Å². The Morgan fingerprint density at radius 1 is 1.12 bits per heavy atom. The van der Waals surface area contributed by atoms with Crippen LogP contribution in [0.2, 0.25) is 0 Å². The lowest BCUT2D eigenvalue weighted by Gasteiger charge is -2.18. The Hall–Kier alpha value is -2.73. The minimum absolute atomic E-state index is 0.0209. The van der Waals surface area contributed by atoms with Gasteiger partial charge in [-0.3, -0.25) is 14.6 Å². The van der Waals surface area contributed by atoms with E-state index in [4.69, 9.17) is 0 Å². The molecule has 2 fully saturated rings. The number of amides is 2. The van der Waals surface area contributed by atoms with E-state index in [1.807, 2.05) is 43.3 Å². The van der Waals surface area contributed by atoms with Gasteiger partial charge in [-0.15, -0.1) is 0 Å². The van der Waals surface area contributed by atoms with Crippen molar-refractivity contribution in [2.24, 2.45) is 5.92 Å². The van der Waals surface area contributed by atoms with E-state index < -0.39 is 0 Å². The fourth-order valence-corrected chi connectivity index (χ4v) is 4.81. The van der Waals surface area contributed by atoms with Gasteiger partial charge in [0.1, 0.15) is 0 Å². The molecule has 1 aromatic heterocycles. The fourth-order valence-electron chi connectivity index (χ4n) is 4.43. The van der Waals surface area contributed by atoms with Crippen LogP contribution in [0, 0.1) is 19.8 Å². The first-order valence-corrected chi connectivity index (χ1v) is 11.9. The number of carbonyl (C=O) groups excluding carboxylic acids is 2. The summed E-state index contributed by atoms with van der Waals surface area (Å²) in [5.74, 6) is 0.288. The van der Waals surface area contributed by atoms with Gasteiger partial charge in [-0.2, -0.15) is 0 Å². The molecule has 2 N–H and O–H groups in total. The van der Waals surface area contributed by atoms with E-state index in [2.05, 4.69) is 44.5 Å². The maximum atomic E-state index is 12.9. The average Bonchev–Trinajstić information content (AvgIpc) is 3.70. The van der Waals surface area contributed by atoms with Gasteiger partial charge in [-0.1, -0.05) is 34.1 Å². The van der Waals surface area contributed by atoms with Crippen molar-refractivity contribution in [3.8, 4) is 0 Å². The first-order chi connectivity index (χ1) is 15.3. The van der Waals surface area contributed by atoms with Crippen molar-refractivity contribution in [3.63, 3.8) is 0 Å². The quantitative estimate of drug-likeness (QED) is 0.520. The third kappa shape index (κ3) is 4.16. The number of aromatic nitrogens is 1. The molecule has 2 aliphatic rings. The van der Waals surface area contributed by atoms with Gasteiger partial charge in [0.05, 0.1) is 11.1 Å². The minimum Gasteiger partial charge on any atom is -0.350 e. The van der Waals surface area contributed by atoms with E-state index in [1.54, 1.807) is 6.07 Å². The van der Waals surface area contributed by atoms with Crippen LogP contribution in [0.4, 0.5) is 0 Å². The summed E-state index contributed by atoms with van der Waals surface area (Å²) in [6.07, 6.45) is 2.68. The van der Waals surface area contributed by atoms with Crippen molar-refractivity contribution in [1.82, 2.24) is 15.6 Å². The summed E-state index contributed by atoms with van der Waals surface area (Å²) >= 11 is 3.58. The highest BCUT2D eigenvalue weighted by molar-refractivity contribution is 9.10. The summed E-state index contributed by atoms with van der Waals surface area (Å²) in [4.78, 5) is 30.1. The summed E-state index contributed by atoms with van der Waals surface area (Å²) in [6.45, 7) is 4.50. The van der Waals surface area contributed by atoms with Crippen molar-refractivity contribution < 1.29 is 9.59 Å². The van der Waals surface area contributed by atoms with Crippen LogP contribution in [0.5, 0.6) is 0 Å². The van der Waals surface area contributed by atoms with Crippen LogP contribution >= 0.6 is 15.9 Å². The second-order valence-electron chi connectivity index (χ2n) is 9.22. The lowest BCUT2D eigenvalue weighted by molar-refractivity contribution is -0.123. The molecule has 2 amide bonds. The van der Waals surface area contributed by atoms with Crippen molar-refractivity contribution in [2.75, 3.05) is 6.54 Å². The molecule has 1 heterocycles. The number of nitrogens with zero attached hydrogens (tertiary/aromatic N) is 1. The zero-order chi connectivity index (χ0) is 22.5. The van der Waals surface area contributed by atoms with Gasteiger partial charge in [-0.05, 0) is 80.5 Å². The van der Waals surface area contributed by atoms with Gasteiger partial charge >= 0.3 is 0 Å². The standard InChI is InChI=1S/C26H26BrN3O2/c1-15-6-7-17-12-18(8-9-23(17)29-15)24(31)28-14-26(10-11-26)30-25(32)21-13-20(21)19-4-3-5-22(27)16(19)2/h3-9,12,20-21H,10-11,13-14H2,1-2H3,(H,28,31)(H,30,32)/t20-,21+/m0/s1. The molecule has 2 atom stereocenters. The Balaban J connectivity index is 1.18. The van der Waals surface area contributed by atoms with Gasteiger partial charge in [-0.25, -0.2) is 0 Å². The predicted molar refractivity (Wildman–Crippen MR) is 129 cm³/mol. The fraction of sp³-hybridized carbons (Fsp3) is 0.346. The number of fused-ring (bicyclic) bond motifs is 1. The Kier molecular flexibility index (Phi) is 5.28. The summed E-state index contributed by atoms with van der Waals surface area (Å²) < 4.78 is 1.09. The van der Waals surface area contributed by atoms with Crippen LogP contribution in [0.1, 0.15) is 52.4 Å². The molecule has 2 aliphatic carbocycles. The first-order valence-electron chi connectivity index (χ1n) is 11.1. The van der Waals surface area contributed by atoms with Crippen LogP contribution in [-0.2, 0) is 4.79 Å². The molecule has 2 saturated carbocycles. The normalized spacial score (nSPS) is 20.6. The maximum absolute atomic E-state index is 12.9. The summed E-state index contributed by atoms with van der Waals surface area (Å²) in [5.41, 5.74) is 4.60. The summed E-state index contributed by atoms with van der Waals surface area (Å²) in [6, 6.07) is 15.7. The Morgan fingerprint density at radius 3 is 2.72 bits per heavy atom. The molecule has 0 unspecified atom stereocenters. The van der Waals surface area contributed by atoms with Crippen LogP contribution in [0.15, 0.2) is 53.0 Å². The highest BCUT2D eigenvalue weighted by Gasteiger charge is 2.50. The van der Waals surface area contributed by atoms with E-state index in [9.17, 15) is 9.59 Å². The Bertz CT molecular complexity index is 1230. The third-order valence-corrected chi connectivity index (χ3v) is 7.62. The smallest absolute Gasteiger partial charge is 0.251 e. The molecule has 2 aromatic carbocycles. The van der Waals surface area contributed by atoms with Gasteiger partial charge in [0.15, 0.2) is 0 Å². The van der Waals surface area contributed by atoms with E-state index in [0.29, 0.717) is 12.1 Å². The number of halogens is 1. The zero-order valence-corrected chi connectivity index (χ0v) is 19.8. The van der Waals surface area contributed by atoms with Crippen LogP contribution in [0.25, 0.3) is 10.9 Å². The first kappa shape index (κ1) is 21.1. The number of benzene rings is 2. The highest BCUT2D eigenvalue weighted by atomic mass is 79.9. The number of pyridine rings is 1. The van der Waals surface area contributed by atoms with Gasteiger partial charge in [0.25, 0.3) is 5.91 Å².